The predicted octanol–water partition coefficient (Wildman–Crippen LogP) is 1.75. The van der Waals surface area contributed by atoms with Gasteiger partial charge in [0.1, 0.15) is 5.92 Å². The first-order chi connectivity index (χ1) is 10.5. The minimum absolute atomic E-state index is 0.320. The molecule has 2 aromatic rings. The molecule has 0 aromatic carbocycles. The molecule has 1 aliphatic heterocycles. The van der Waals surface area contributed by atoms with Gasteiger partial charge in [-0.3, -0.25) is 14.6 Å². The van der Waals surface area contributed by atoms with E-state index in [0.29, 0.717) is 22.0 Å². The summed E-state index contributed by atoms with van der Waals surface area (Å²) in [7, 11) is 3.25. The molecule has 1 amide bonds. The first kappa shape index (κ1) is 14.5. The maximum Gasteiger partial charge on any atom is 0.259 e. The lowest BCUT2D eigenvalue weighted by Crippen LogP contribution is -2.33. The Balaban J connectivity index is 2.04. The number of halogens is 1. The van der Waals surface area contributed by atoms with Gasteiger partial charge in [-0.15, -0.1) is 0 Å². The van der Waals surface area contributed by atoms with Gasteiger partial charge in [0.25, 0.3) is 5.91 Å². The van der Waals surface area contributed by atoms with Gasteiger partial charge in [0.15, 0.2) is 5.78 Å². The highest BCUT2D eigenvalue weighted by Crippen LogP contribution is 2.25. The normalized spacial score (nSPS) is 17.8. The number of aryl methyl sites for hydroxylation is 1. The number of hydrazone groups is 1. The van der Waals surface area contributed by atoms with Crippen molar-refractivity contribution in [3.8, 4) is 0 Å². The number of carbonyl (C=O) groups is 2. The number of nitrogens with zero attached hydrogens (tertiary/aromatic N) is 4. The van der Waals surface area contributed by atoms with Crippen molar-refractivity contribution in [3.05, 3.63) is 53.1 Å². The van der Waals surface area contributed by atoms with Gasteiger partial charge in [-0.1, -0.05) is 11.6 Å². The van der Waals surface area contributed by atoms with Crippen LogP contribution < -0.4 is 0 Å². The average Bonchev–Trinajstić information content (AvgIpc) is 2.99. The summed E-state index contributed by atoms with van der Waals surface area (Å²) in [4.78, 5) is 29.1. The summed E-state index contributed by atoms with van der Waals surface area (Å²) in [5, 5.41) is 5.86. The number of rotatable bonds is 3. The minimum Gasteiger partial charge on any atom is -0.347 e. The molecule has 0 saturated heterocycles. The second-order valence-electron chi connectivity index (χ2n) is 5.03. The molecule has 1 atom stereocenters. The number of hydrogen-bond donors (Lipinski definition) is 0. The summed E-state index contributed by atoms with van der Waals surface area (Å²) >= 11 is 5.93. The fourth-order valence-corrected chi connectivity index (χ4v) is 2.72. The van der Waals surface area contributed by atoms with Crippen LogP contribution in [0, 0.1) is 5.92 Å². The molecule has 0 aliphatic carbocycles. The maximum absolute atomic E-state index is 12.8. The molecular weight excluding hydrogens is 304 g/mol. The van der Waals surface area contributed by atoms with Crippen LogP contribution in [0.3, 0.4) is 0 Å². The molecule has 0 radical (unpaired) electrons. The van der Waals surface area contributed by atoms with Gasteiger partial charge in [0, 0.05) is 38.2 Å². The van der Waals surface area contributed by atoms with Crippen LogP contribution in [0.5, 0.6) is 0 Å². The Hall–Kier alpha value is -2.47. The quantitative estimate of drug-likeness (QED) is 0.640. The van der Waals surface area contributed by atoms with Crippen molar-refractivity contribution < 1.29 is 9.59 Å². The second kappa shape index (κ2) is 5.38. The predicted molar refractivity (Wildman–Crippen MR) is 81.8 cm³/mol. The average molecular weight is 317 g/mol. The van der Waals surface area contributed by atoms with E-state index < -0.39 is 5.92 Å². The van der Waals surface area contributed by atoms with Crippen LogP contribution in [0.1, 0.15) is 16.1 Å². The lowest BCUT2D eigenvalue weighted by molar-refractivity contribution is -0.129. The van der Waals surface area contributed by atoms with E-state index in [1.807, 2.05) is 0 Å². The van der Waals surface area contributed by atoms with Crippen molar-refractivity contribution in [1.82, 2.24) is 14.6 Å². The molecular formula is C15H13ClN4O2. The molecule has 0 bridgehead atoms. The fourth-order valence-electron chi connectivity index (χ4n) is 2.47. The number of hydrogen-bond acceptors (Lipinski definition) is 4. The Morgan fingerprint density at radius 3 is 2.55 bits per heavy atom. The first-order valence-corrected chi connectivity index (χ1v) is 6.99. The SMILES string of the molecule is CN1N=C(c2ccncc2)[C@@H](C(=O)c2cc(Cl)cn2C)C1=O. The van der Waals surface area contributed by atoms with Gasteiger partial charge in [-0.25, -0.2) is 5.01 Å². The van der Waals surface area contributed by atoms with Crippen LogP contribution in [0.4, 0.5) is 0 Å². The molecule has 6 nitrogen and oxygen atoms in total. The Labute approximate surface area is 132 Å². The van der Waals surface area contributed by atoms with Crippen LogP contribution in [0.2, 0.25) is 5.02 Å². The van der Waals surface area contributed by atoms with E-state index in [1.54, 1.807) is 48.4 Å². The number of ketones is 1. The smallest absolute Gasteiger partial charge is 0.259 e. The molecule has 3 heterocycles. The lowest BCUT2D eigenvalue weighted by atomic mass is 9.92. The molecule has 1 aliphatic rings. The van der Waals surface area contributed by atoms with E-state index in [0.717, 1.165) is 0 Å². The Morgan fingerprint density at radius 2 is 1.95 bits per heavy atom. The number of carbonyl (C=O) groups excluding carboxylic acids is 2. The molecule has 7 heteroatoms. The molecule has 112 valence electrons. The number of aromatic nitrogens is 2. The zero-order valence-electron chi connectivity index (χ0n) is 12.0. The molecule has 0 spiro atoms. The van der Waals surface area contributed by atoms with E-state index in [1.165, 1.54) is 12.1 Å². The topological polar surface area (TPSA) is 67.6 Å². The van der Waals surface area contributed by atoms with Crippen LogP contribution >= 0.6 is 11.6 Å². The zero-order chi connectivity index (χ0) is 15.9. The highest BCUT2D eigenvalue weighted by atomic mass is 35.5. The third kappa shape index (κ3) is 2.31. The van der Waals surface area contributed by atoms with Crippen molar-refractivity contribution >= 4 is 29.0 Å². The van der Waals surface area contributed by atoms with Crippen LogP contribution in [0.15, 0.2) is 41.9 Å². The molecule has 0 unspecified atom stereocenters. The van der Waals surface area contributed by atoms with E-state index in [2.05, 4.69) is 10.1 Å². The molecule has 22 heavy (non-hydrogen) atoms. The van der Waals surface area contributed by atoms with E-state index in [-0.39, 0.29) is 11.7 Å². The summed E-state index contributed by atoms with van der Waals surface area (Å²) < 4.78 is 1.61. The van der Waals surface area contributed by atoms with Gasteiger partial charge >= 0.3 is 0 Å². The van der Waals surface area contributed by atoms with Crippen molar-refractivity contribution in [2.45, 2.75) is 0 Å². The molecule has 0 N–H and O–H groups in total. The van der Waals surface area contributed by atoms with Crippen LogP contribution in [0.25, 0.3) is 0 Å². The van der Waals surface area contributed by atoms with Crippen LogP contribution in [-0.4, -0.2) is 39.0 Å². The standard InChI is InChI=1S/C15H13ClN4O2/c1-19-8-10(16)7-11(19)14(21)12-13(18-20(2)15(12)22)9-3-5-17-6-4-9/h3-8,12H,1-2H3/t12-/m0/s1. The van der Waals surface area contributed by atoms with Gasteiger partial charge < -0.3 is 4.57 Å². The summed E-state index contributed by atoms with van der Waals surface area (Å²) in [6.45, 7) is 0. The largest absolute Gasteiger partial charge is 0.347 e. The molecule has 0 saturated carbocycles. The fraction of sp³-hybridized carbons (Fsp3) is 0.200. The summed E-state index contributed by atoms with van der Waals surface area (Å²) in [6.07, 6.45) is 4.82. The lowest BCUT2D eigenvalue weighted by Gasteiger charge is -2.11. The third-order valence-electron chi connectivity index (χ3n) is 3.56. The minimum atomic E-state index is -0.961. The van der Waals surface area contributed by atoms with Gasteiger partial charge in [-0.05, 0) is 18.2 Å². The van der Waals surface area contributed by atoms with Crippen molar-refractivity contribution in [3.63, 3.8) is 0 Å². The highest BCUT2D eigenvalue weighted by molar-refractivity contribution is 6.33. The van der Waals surface area contributed by atoms with Gasteiger partial charge in [-0.2, -0.15) is 5.10 Å². The number of amides is 1. The number of Topliss-reactive ketones (excluding diaryl/α,β-unsaturated/α-hetero) is 1. The summed E-state index contributed by atoms with van der Waals surface area (Å²) in [6, 6.07) is 5.01. The van der Waals surface area contributed by atoms with Crippen molar-refractivity contribution in [2.75, 3.05) is 7.05 Å². The van der Waals surface area contributed by atoms with E-state index in [4.69, 9.17) is 11.6 Å². The van der Waals surface area contributed by atoms with Gasteiger partial charge in [0.05, 0.1) is 16.4 Å². The van der Waals surface area contributed by atoms with E-state index >= 15 is 0 Å². The maximum atomic E-state index is 12.8. The zero-order valence-corrected chi connectivity index (χ0v) is 12.8. The Kier molecular flexibility index (Phi) is 3.54. The van der Waals surface area contributed by atoms with Gasteiger partial charge in [0.2, 0.25) is 0 Å². The molecule has 0 fully saturated rings. The second-order valence-corrected chi connectivity index (χ2v) is 5.47. The van der Waals surface area contributed by atoms with E-state index in [9.17, 15) is 9.59 Å². The Morgan fingerprint density at radius 1 is 1.27 bits per heavy atom. The summed E-state index contributed by atoms with van der Waals surface area (Å²) in [5.74, 6) is -1.63. The molecule has 3 rings (SSSR count). The third-order valence-corrected chi connectivity index (χ3v) is 3.77. The van der Waals surface area contributed by atoms with Crippen molar-refractivity contribution in [1.29, 1.82) is 0 Å². The van der Waals surface area contributed by atoms with Crippen molar-refractivity contribution in [2.24, 2.45) is 18.1 Å². The highest BCUT2D eigenvalue weighted by Gasteiger charge is 2.41. The number of pyridine rings is 1. The Bertz CT molecular complexity index is 782. The monoisotopic (exact) mass is 316 g/mol. The summed E-state index contributed by atoms with van der Waals surface area (Å²) in [5.41, 5.74) is 1.50. The first-order valence-electron chi connectivity index (χ1n) is 6.61. The van der Waals surface area contributed by atoms with Crippen LogP contribution in [-0.2, 0) is 11.8 Å². The molecule has 2 aromatic heterocycles.